The molecule has 0 radical (unpaired) electrons. The first-order chi connectivity index (χ1) is 11.2. The number of thioether (sulfide) groups is 1. The number of unbranched alkanes of at least 4 members (excludes halogenated alkanes) is 8. The highest BCUT2D eigenvalue weighted by Gasteiger charge is 2.20. The van der Waals surface area contributed by atoms with Gasteiger partial charge in [0.25, 0.3) is 0 Å². The zero-order valence-corrected chi connectivity index (χ0v) is 16.0. The minimum Gasteiger partial charge on any atom is -0.467 e. The average molecular weight is 346 g/mol. The van der Waals surface area contributed by atoms with Crippen LogP contribution in [0, 0.1) is 0 Å². The lowest BCUT2D eigenvalue weighted by Gasteiger charge is -2.15. The monoisotopic (exact) mass is 345 g/mol. The van der Waals surface area contributed by atoms with Gasteiger partial charge in [0.1, 0.15) is 6.04 Å². The molecule has 0 aliphatic carbocycles. The molecule has 0 aromatic carbocycles. The standard InChI is InChI=1S/C18H35NO3S/c1-4-5-6-7-8-9-10-11-12-13-17(20)19-16(14-15-23-3)18(21)22-2/h16H,4-15H2,1-3H3,(H,19,20). The lowest BCUT2D eigenvalue weighted by atomic mass is 10.1. The number of hydrogen-bond acceptors (Lipinski definition) is 4. The van der Waals surface area contributed by atoms with Crippen LogP contribution in [0.2, 0.25) is 0 Å². The van der Waals surface area contributed by atoms with Crippen molar-refractivity contribution in [1.29, 1.82) is 0 Å². The Kier molecular flexibility index (Phi) is 15.7. The van der Waals surface area contributed by atoms with Crippen LogP contribution in [0.5, 0.6) is 0 Å². The van der Waals surface area contributed by atoms with Crippen molar-refractivity contribution in [3.8, 4) is 0 Å². The van der Waals surface area contributed by atoms with E-state index in [-0.39, 0.29) is 11.9 Å². The van der Waals surface area contributed by atoms with Gasteiger partial charge in [-0.15, -0.1) is 0 Å². The van der Waals surface area contributed by atoms with E-state index in [1.165, 1.54) is 52.1 Å². The third-order valence-corrected chi connectivity index (χ3v) is 4.58. The molecule has 0 heterocycles. The van der Waals surface area contributed by atoms with Crippen LogP contribution < -0.4 is 5.32 Å². The molecule has 0 fully saturated rings. The molecule has 0 saturated heterocycles. The quantitative estimate of drug-likeness (QED) is 0.355. The van der Waals surface area contributed by atoms with Gasteiger partial charge >= 0.3 is 5.97 Å². The lowest BCUT2D eigenvalue weighted by molar-refractivity contribution is -0.145. The van der Waals surface area contributed by atoms with Crippen LogP contribution >= 0.6 is 11.8 Å². The molecule has 0 saturated carbocycles. The number of rotatable bonds is 15. The smallest absolute Gasteiger partial charge is 0.328 e. The van der Waals surface area contributed by atoms with Gasteiger partial charge in [0, 0.05) is 6.42 Å². The maximum atomic E-state index is 11.9. The molecule has 1 atom stereocenters. The fourth-order valence-electron chi connectivity index (χ4n) is 2.49. The summed E-state index contributed by atoms with van der Waals surface area (Å²) in [6.45, 7) is 2.23. The maximum absolute atomic E-state index is 11.9. The van der Waals surface area contributed by atoms with E-state index in [4.69, 9.17) is 4.74 Å². The summed E-state index contributed by atoms with van der Waals surface area (Å²) in [5.41, 5.74) is 0. The first-order valence-electron chi connectivity index (χ1n) is 9.01. The van der Waals surface area contributed by atoms with E-state index in [9.17, 15) is 9.59 Å². The maximum Gasteiger partial charge on any atom is 0.328 e. The summed E-state index contributed by atoms with van der Waals surface area (Å²) < 4.78 is 4.75. The van der Waals surface area contributed by atoms with Crippen molar-refractivity contribution in [2.24, 2.45) is 0 Å². The Hall–Kier alpha value is -0.710. The molecule has 1 N–H and O–H groups in total. The van der Waals surface area contributed by atoms with Crippen molar-refractivity contribution < 1.29 is 14.3 Å². The van der Waals surface area contributed by atoms with Crippen LogP contribution in [0.1, 0.15) is 77.6 Å². The summed E-state index contributed by atoms with van der Waals surface area (Å²) in [5.74, 6) is 0.446. The van der Waals surface area contributed by atoms with Crippen LogP contribution in [0.15, 0.2) is 0 Å². The van der Waals surface area contributed by atoms with Gasteiger partial charge in [0.05, 0.1) is 7.11 Å². The number of amides is 1. The molecule has 136 valence electrons. The highest BCUT2D eigenvalue weighted by atomic mass is 32.2. The molecule has 1 unspecified atom stereocenters. The molecule has 23 heavy (non-hydrogen) atoms. The number of nitrogens with one attached hydrogen (secondary N) is 1. The third-order valence-electron chi connectivity index (χ3n) is 3.94. The number of methoxy groups -OCH3 is 1. The van der Waals surface area contributed by atoms with E-state index in [1.54, 1.807) is 11.8 Å². The van der Waals surface area contributed by atoms with Gasteiger partial charge in [0.15, 0.2) is 0 Å². The van der Waals surface area contributed by atoms with Crippen molar-refractivity contribution in [1.82, 2.24) is 5.32 Å². The van der Waals surface area contributed by atoms with Crippen LogP contribution in [0.4, 0.5) is 0 Å². The zero-order valence-electron chi connectivity index (χ0n) is 15.2. The second-order valence-corrected chi connectivity index (χ2v) is 6.99. The average Bonchev–Trinajstić information content (AvgIpc) is 2.56. The Morgan fingerprint density at radius 3 is 2.09 bits per heavy atom. The van der Waals surface area contributed by atoms with Crippen molar-refractivity contribution >= 4 is 23.6 Å². The predicted octanol–water partition coefficient (Wildman–Crippen LogP) is 4.32. The number of hydrogen-bond donors (Lipinski definition) is 1. The highest BCUT2D eigenvalue weighted by molar-refractivity contribution is 7.98. The molecule has 0 aromatic heterocycles. The second-order valence-electron chi connectivity index (χ2n) is 6.00. The number of carbonyl (C=O) groups is 2. The molecule has 0 spiro atoms. The molecule has 0 aliphatic heterocycles. The van der Waals surface area contributed by atoms with Gasteiger partial charge in [-0.25, -0.2) is 4.79 Å². The molecule has 0 rings (SSSR count). The van der Waals surface area contributed by atoms with E-state index in [2.05, 4.69) is 12.2 Å². The molecular weight excluding hydrogens is 310 g/mol. The fourth-order valence-corrected chi connectivity index (χ4v) is 2.96. The largest absolute Gasteiger partial charge is 0.467 e. The summed E-state index contributed by atoms with van der Waals surface area (Å²) >= 11 is 1.66. The first-order valence-corrected chi connectivity index (χ1v) is 10.4. The Bertz CT molecular complexity index is 311. The number of ether oxygens (including phenoxy) is 1. The molecular formula is C18H35NO3S. The number of esters is 1. The Morgan fingerprint density at radius 1 is 1.00 bits per heavy atom. The minimum atomic E-state index is -0.501. The highest BCUT2D eigenvalue weighted by Crippen LogP contribution is 2.10. The van der Waals surface area contributed by atoms with Crippen molar-refractivity contribution in [3.05, 3.63) is 0 Å². The third kappa shape index (κ3) is 13.4. The van der Waals surface area contributed by atoms with Crippen molar-refractivity contribution in [2.45, 2.75) is 83.6 Å². The molecule has 4 nitrogen and oxygen atoms in total. The van der Waals surface area contributed by atoms with E-state index in [0.717, 1.165) is 18.6 Å². The lowest BCUT2D eigenvalue weighted by Crippen LogP contribution is -2.41. The van der Waals surface area contributed by atoms with Crippen LogP contribution in [0.25, 0.3) is 0 Å². The Morgan fingerprint density at radius 2 is 1.57 bits per heavy atom. The summed E-state index contributed by atoms with van der Waals surface area (Å²) in [4.78, 5) is 23.5. The topological polar surface area (TPSA) is 55.4 Å². The number of carbonyl (C=O) groups excluding carboxylic acids is 2. The summed E-state index contributed by atoms with van der Waals surface area (Å²) in [5, 5.41) is 2.80. The van der Waals surface area contributed by atoms with Crippen LogP contribution in [-0.4, -0.2) is 37.0 Å². The van der Waals surface area contributed by atoms with Gasteiger partial charge in [-0.2, -0.15) is 11.8 Å². The van der Waals surface area contributed by atoms with E-state index in [0.29, 0.717) is 12.8 Å². The van der Waals surface area contributed by atoms with Gasteiger partial charge in [-0.1, -0.05) is 58.3 Å². The van der Waals surface area contributed by atoms with E-state index < -0.39 is 6.04 Å². The van der Waals surface area contributed by atoms with E-state index >= 15 is 0 Å². The normalized spacial score (nSPS) is 12.0. The van der Waals surface area contributed by atoms with Gasteiger partial charge in [0.2, 0.25) is 5.91 Å². The molecule has 0 bridgehead atoms. The van der Waals surface area contributed by atoms with Gasteiger partial charge < -0.3 is 10.1 Å². The van der Waals surface area contributed by atoms with Crippen LogP contribution in [0.3, 0.4) is 0 Å². The van der Waals surface area contributed by atoms with Crippen molar-refractivity contribution in [3.63, 3.8) is 0 Å². The molecule has 1 amide bonds. The van der Waals surface area contributed by atoms with Gasteiger partial charge in [-0.05, 0) is 24.9 Å². The second kappa shape index (κ2) is 16.2. The molecule has 0 aliphatic rings. The van der Waals surface area contributed by atoms with Gasteiger partial charge in [-0.3, -0.25) is 4.79 Å². The molecule has 5 heteroatoms. The van der Waals surface area contributed by atoms with Crippen LogP contribution in [-0.2, 0) is 14.3 Å². The Labute approximate surface area is 146 Å². The summed E-state index contributed by atoms with van der Waals surface area (Å²) in [6, 6.07) is -0.501. The Balaban J connectivity index is 3.69. The summed E-state index contributed by atoms with van der Waals surface area (Å²) in [6.07, 6.45) is 14.2. The minimum absolute atomic E-state index is 0.0375. The summed E-state index contributed by atoms with van der Waals surface area (Å²) in [7, 11) is 1.36. The first kappa shape index (κ1) is 22.3. The predicted molar refractivity (Wildman–Crippen MR) is 98.8 cm³/mol. The fraction of sp³-hybridized carbons (Fsp3) is 0.889. The SMILES string of the molecule is CCCCCCCCCCCC(=O)NC(CCSC)C(=O)OC. The molecule has 0 aromatic rings. The zero-order chi connectivity index (χ0) is 17.3. The van der Waals surface area contributed by atoms with E-state index in [1.807, 2.05) is 6.26 Å². The van der Waals surface area contributed by atoms with Crippen molar-refractivity contribution in [2.75, 3.05) is 19.1 Å².